The predicted molar refractivity (Wildman–Crippen MR) is 73.3 cm³/mol. The molecule has 2 rings (SSSR count). The van der Waals surface area contributed by atoms with Gasteiger partial charge in [0.2, 0.25) is 0 Å². The van der Waals surface area contributed by atoms with E-state index in [0.717, 1.165) is 23.0 Å². The zero-order valence-corrected chi connectivity index (χ0v) is 11.0. The molecular weight excluding hydrogens is 230 g/mol. The number of hydrogen-bond donors (Lipinski definition) is 1. The van der Waals surface area contributed by atoms with Gasteiger partial charge in [-0.05, 0) is 23.8 Å². The van der Waals surface area contributed by atoms with Gasteiger partial charge in [-0.3, -0.25) is 0 Å². The van der Waals surface area contributed by atoms with E-state index in [4.69, 9.17) is 5.73 Å². The number of thioether (sulfide) groups is 1. The summed E-state index contributed by atoms with van der Waals surface area (Å²) in [5.41, 5.74) is 8.60. The molecule has 0 aliphatic carbocycles. The molecule has 0 atom stereocenters. The molecule has 3 nitrogen and oxygen atoms in total. The van der Waals surface area contributed by atoms with E-state index >= 15 is 0 Å². The summed E-state index contributed by atoms with van der Waals surface area (Å²) in [7, 11) is 0. The highest BCUT2D eigenvalue weighted by molar-refractivity contribution is 7.99. The van der Waals surface area contributed by atoms with Crippen LogP contribution in [0.2, 0.25) is 0 Å². The van der Waals surface area contributed by atoms with Crippen LogP contribution < -0.4 is 5.73 Å². The Morgan fingerprint density at radius 3 is 2.82 bits per heavy atom. The van der Waals surface area contributed by atoms with Crippen molar-refractivity contribution in [3.8, 4) is 0 Å². The predicted octanol–water partition coefficient (Wildman–Crippen LogP) is 2.93. The van der Waals surface area contributed by atoms with Crippen molar-refractivity contribution < 1.29 is 0 Å². The fourth-order valence-electron chi connectivity index (χ4n) is 1.72. The molecule has 0 bridgehead atoms. The van der Waals surface area contributed by atoms with Crippen LogP contribution in [-0.2, 0) is 6.54 Å². The Hall–Kier alpha value is -1.42. The molecule has 0 aliphatic heterocycles. The van der Waals surface area contributed by atoms with Gasteiger partial charge in [0.25, 0.3) is 0 Å². The van der Waals surface area contributed by atoms with Crippen LogP contribution in [0.15, 0.2) is 35.4 Å². The second kappa shape index (κ2) is 5.27. The van der Waals surface area contributed by atoms with Crippen LogP contribution in [-0.4, -0.2) is 15.5 Å². The Morgan fingerprint density at radius 1 is 1.35 bits per heavy atom. The summed E-state index contributed by atoms with van der Waals surface area (Å²) in [5, 5.41) is 4.34. The number of nitrogens with two attached hydrogens (primary N) is 1. The van der Waals surface area contributed by atoms with Crippen LogP contribution in [0.5, 0.6) is 0 Å². The Labute approximate surface area is 106 Å². The van der Waals surface area contributed by atoms with Gasteiger partial charge in [-0.2, -0.15) is 5.10 Å². The lowest BCUT2D eigenvalue weighted by Crippen LogP contribution is -2.07. The molecule has 0 aliphatic rings. The maximum absolute atomic E-state index is 6.07. The highest BCUT2D eigenvalue weighted by Gasteiger charge is 2.08. The van der Waals surface area contributed by atoms with Crippen LogP contribution in [0.4, 0.5) is 5.82 Å². The van der Waals surface area contributed by atoms with E-state index in [1.807, 2.05) is 23.0 Å². The molecule has 0 radical (unpaired) electrons. The second-order valence-electron chi connectivity index (χ2n) is 3.91. The lowest BCUT2D eigenvalue weighted by molar-refractivity contribution is 0.693. The summed E-state index contributed by atoms with van der Waals surface area (Å²) in [5.74, 6) is 1.78. The molecule has 0 spiro atoms. The first-order chi connectivity index (χ1) is 8.22. The molecule has 17 heavy (non-hydrogen) atoms. The van der Waals surface area contributed by atoms with E-state index in [9.17, 15) is 0 Å². The molecule has 90 valence electrons. The molecule has 2 aromatic rings. The Balaban J connectivity index is 2.22. The first-order valence-corrected chi connectivity index (χ1v) is 6.69. The SMILES string of the molecule is CCSc1cnn(Cc2ccccc2C)c1N. The lowest BCUT2D eigenvalue weighted by atomic mass is 10.1. The van der Waals surface area contributed by atoms with Gasteiger partial charge in [-0.25, -0.2) is 4.68 Å². The largest absolute Gasteiger partial charge is 0.383 e. The van der Waals surface area contributed by atoms with E-state index in [0.29, 0.717) is 0 Å². The molecule has 2 N–H and O–H groups in total. The van der Waals surface area contributed by atoms with Crippen molar-refractivity contribution in [3.63, 3.8) is 0 Å². The number of aromatic nitrogens is 2. The Kier molecular flexibility index (Phi) is 3.74. The smallest absolute Gasteiger partial charge is 0.135 e. The summed E-state index contributed by atoms with van der Waals surface area (Å²) in [6.45, 7) is 4.96. The number of hydrogen-bond acceptors (Lipinski definition) is 3. The number of benzene rings is 1. The van der Waals surface area contributed by atoms with Crippen LogP contribution in [0.1, 0.15) is 18.1 Å². The monoisotopic (exact) mass is 247 g/mol. The van der Waals surface area contributed by atoms with Crippen LogP contribution >= 0.6 is 11.8 Å². The summed E-state index contributed by atoms with van der Waals surface area (Å²) >= 11 is 1.73. The maximum Gasteiger partial charge on any atom is 0.135 e. The van der Waals surface area contributed by atoms with Gasteiger partial charge in [-0.15, -0.1) is 11.8 Å². The first-order valence-electron chi connectivity index (χ1n) is 5.71. The lowest BCUT2D eigenvalue weighted by Gasteiger charge is -2.07. The summed E-state index contributed by atoms with van der Waals surface area (Å²) in [6.07, 6.45) is 1.85. The van der Waals surface area contributed by atoms with Gasteiger partial charge in [-0.1, -0.05) is 31.2 Å². The van der Waals surface area contributed by atoms with Crippen LogP contribution in [0.3, 0.4) is 0 Å². The van der Waals surface area contributed by atoms with Gasteiger partial charge < -0.3 is 5.73 Å². The third-order valence-corrected chi connectivity index (χ3v) is 3.64. The fraction of sp³-hybridized carbons (Fsp3) is 0.308. The number of rotatable bonds is 4. The average molecular weight is 247 g/mol. The van der Waals surface area contributed by atoms with Gasteiger partial charge in [0, 0.05) is 0 Å². The van der Waals surface area contributed by atoms with Gasteiger partial charge in [0.1, 0.15) is 5.82 Å². The fourth-order valence-corrected chi connectivity index (χ4v) is 2.41. The van der Waals surface area contributed by atoms with Crippen molar-refractivity contribution in [2.24, 2.45) is 0 Å². The quantitative estimate of drug-likeness (QED) is 0.845. The van der Waals surface area contributed by atoms with Gasteiger partial charge in [0.15, 0.2) is 0 Å². The summed E-state index contributed by atoms with van der Waals surface area (Å²) in [4.78, 5) is 1.07. The Morgan fingerprint density at radius 2 is 2.12 bits per heavy atom. The van der Waals surface area contributed by atoms with Crippen molar-refractivity contribution in [3.05, 3.63) is 41.6 Å². The van der Waals surface area contributed by atoms with E-state index in [1.54, 1.807) is 11.8 Å². The molecule has 0 unspecified atom stereocenters. The van der Waals surface area contributed by atoms with Gasteiger partial charge in [0.05, 0.1) is 17.6 Å². The van der Waals surface area contributed by atoms with Crippen molar-refractivity contribution in [2.75, 3.05) is 11.5 Å². The molecule has 0 fully saturated rings. The molecule has 0 amide bonds. The minimum absolute atomic E-state index is 0.739. The number of nitrogens with zero attached hydrogens (tertiary/aromatic N) is 2. The van der Waals surface area contributed by atoms with Crippen molar-refractivity contribution in [2.45, 2.75) is 25.3 Å². The zero-order valence-electron chi connectivity index (χ0n) is 10.2. The van der Waals surface area contributed by atoms with Crippen molar-refractivity contribution in [1.29, 1.82) is 0 Å². The highest BCUT2D eigenvalue weighted by Crippen LogP contribution is 2.24. The molecule has 4 heteroatoms. The third kappa shape index (κ3) is 2.64. The number of aryl methyl sites for hydroxylation is 1. The topological polar surface area (TPSA) is 43.8 Å². The molecule has 1 heterocycles. The normalized spacial score (nSPS) is 10.7. The molecular formula is C13H17N3S. The minimum atomic E-state index is 0.739. The zero-order chi connectivity index (χ0) is 12.3. The molecule has 0 saturated carbocycles. The van der Waals surface area contributed by atoms with Crippen LogP contribution in [0, 0.1) is 6.92 Å². The van der Waals surface area contributed by atoms with E-state index in [-0.39, 0.29) is 0 Å². The van der Waals surface area contributed by atoms with E-state index in [1.165, 1.54) is 11.1 Å². The molecule has 1 aromatic heterocycles. The number of anilines is 1. The molecule has 0 saturated heterocycles. The third-order valence-electron chi connectivity index (χ3n) is 2.73. The highest BCUT2D eigenvalue weighted by atomic mass is 32.2. The first kappa shape index (κ1) is 12.0. The van der Waals surface area contributed by atoms with Crippen LogP contribution in [0.25, 0.3) is 0 Å². The van der Waals surface area contributed by atoms with E-state index < -0.39 is 0 Å². The van der Waals surface area contributed by atoms with Gasteiger partial charge >= 0.3 is 0 Å². The van der Waals surface area contributed by atoms with Crippen molar-refractivity contribution >= 4 is 17.6 Å². The van der Waals surface area contributed by atoms with E-state index in [2.05, 4.69) is 31.1 Å². The molecule has 1 aromatic carbocycles. The maximum atomic E-state index is 6.07. The average Bonchev–Trinajstić information content (AvgIpc) is 2.65. The standard InChI is InChI=1S/C13H17N3S/c1-3-17-12-8-15-16(13(12)14)9-11-7-5-4-6-10(11)2/h4-8H,3,9,14H2,1-2H3. The summed E-state index contributed by atoms with van der Waals surface area (Å²) in [6, 6.07) is 8.31. The van der Waals surface area contributed by atoms with Crippen molar-refractivity contribution in [1.82, 2.24) is 9.78 Å². The Bertz CT molecular complexity index is 505. The minimum Gasteiger partial charge on any atom is -0.383 e. The number of nitrogen functional groups attached to an aromatic ring is 1. The summed E-state index contributed by atoms with van der Waals surface area (Å²) < 4.78 is 1.86. The second-order valence-corrected chi connectivity index (χ2v) is 5.22.